The maximum Gasteiger partial charge on any atom is 0.265 e. The van der Waals surface area contributed by atoms with Gasteiger partial charge in [-0.25, -0.2) is 4.98 Å². The number of carbonyl (C=O) groups excluding carboxylic acids is 2. The largest absolute Gasteiger partial charge is 0.276 e. The fourth-order valence-electron chi connectivity index (χ4n) is 2.90. The third-order valence-corrected chi connectivity index (χ3v) is 4.34. The van der Waals surface area contributed by atoms with Gasteiger partial charge in [0, 0.05) is 22.2 Å². The zero-order valence-corrected chi connectivity index (χ0v) is 14.3. The van der Waals surface area contributed by atoms with Crippen LogP contribution in [-0.2, 0) is 4.79 Å². The fourth-order valence-corrected chi connectivity index (χ4v) is 3.13. The Hall–Kier alpha value is -2.69. The van der Waals surface area contributed by atoms with Crippen LogP contribution in [0.2, 0.25) is 5.02 Å². The molecule has 0 N–H and O–H groups in total. The minimum Gasteiger partial charge on any atom is -0.276 e. The van der Waals surface area contributed by atoms with E-state index in [0.29, 0.717) is 27.7 Å². The van der Waals surface area contributed by atoms with Crippen LogP contribution in [-0.4, -0.2) is 16.1 Å². The van der Waals surface area contributed by atoms with Crippen molar-refractivity contribution in [2.24, 2.45) is 0 Å². The average molecular weight is 369 g/mol. The standard InChI is InChI=1S/C19H10Cl2N2O2/c20-12-5-7-13(8-6-12)23-16(10-17(21)24)18-14(19(23)25)9-11-3-1-2-4-15(11)22-18/h1-10H/b16-10+. The molecule has 0 bridgehead atoms. The van der Waals surface area contributed by atoms with Crippen LogP contribution in [0.1, 0.15) is 16.1 Å². The van der Waals surface area contributed by atoms with E-state index in [2.05, 4.69) is 4.98 Å². The number of rotatable bonds is 2. The lowest BCUT2D eigenvalue weighted by Gasteiger charge is -2.17. The van der Waals surface area contributed by atoms with Gasteiger partial charge in [0.2, 0.25) is 5.24 Å². The van der Waals surface area contributed by atoms with E-state index in [9.17, 15) is 9.59 Å². The quantitative estimate of drug-likeness (QED) is 0.488. The van der Waals surface area contributed by atoms with E-state index in [1.807, 2.05) is 24.3 Å². The van der Waals surface area contributed by atoms with Crippen LogP contribution >= 0.6 is 23.2 Å². The molecular formula is C19H10Cl2N2O2. The molecule has 1 amide bonds. The van der Waals surface area contributed by atoms with Crippen molar-refractivity contribution in [1.29, 1.82) is 0 Å². The molecule has 6 heteroatoms. The Bertz CT molecular complexity index is 1060. The van der Waals surface area contributed by atoms with Gasteiger partial charge in [-0.15, -0.1) is 0 Å². The summed E-state index contributed by atoms with van der Waals surface area (Å²) in [6, 6.07) is 16.0. The van der Waals surface area contributed by atoms with Gasteiger partial charge < -0.3 is 0 Å². The number of aromatic nitrogens is 1. The molecule has 0 atom stereocenters. The smallest absolute Gasteiger partial charge is 0.265 e. The number of hydrogen-bond donors (Lipinski definition) is 0. The van der Waals surface area contributed by atoms with Crippen LogP contribution in [0, 0.1) is 0 Å². The van der Waals surface area contributed by atoms with E-state index < -0.39 is 5.24 Å². The van der Waals surface area contributed by atoms with Crippen molar-refractivity contribution in [2.75, 3.05) is 4.90 Å². The van der Waals surface area contributed by atoms with Gasteiger partial charge in [0.15, 0.2) is 0 Å². The molecule has 25 heavy (non-hydrogen) atoms. The van der Waals surface area contributed by atoms with Gasteiger partial charge in [0.1, 0.15) is 5.69 Å². The molecule has 4 nitrogen and oxygen atoms in total. The number of carbonyl (C=O) groups is 2. The molecule has 0 unspecified atom stereocenters. The van der Waals surface area contributed by atoms with Gasteiger partial charge in [0.05, 0.1) is 16.8 Å². The molecule has 1 aliphatic rings. The van der Waals surface area contributed by atoms with Gasteiger partial charge >= 0.3 is 0 Å². The lowest BCUT2D eigenvalue weighted by atomic mass is 10.1. The van der Waals surface area contributed by atoms with E-state index in [1.165, 1.54) is 11.0 Å². The first-order valence-electron chi connectivity index (χ1n) is 7.46. The maximum absolute atomic E-state index is 13.0. The second-order valence-corrected chi connectivity index (χ2v) is 6.34. The number of halogens is 2. The minimum atomic E-state index is -0.676. The normalized spacial score (nSPS) is 15.0. The van der Waals surface area contributed by atoms with Crippen molar-refractivity contribution < 1.29 is 9.59 Å². The van der Waals surface area contributed by atoms with E-state index >= 15 is 0 Å². The number of allylic oxidation sites excluding steroid dienone is 1. The highest BCUT2D eigenvalue weighted by molar-refractivity contribution is 6.67. The second kappa shape index (κ2) is 5.99. The topological polar surface area (TPSA) is 50.3 Å². The summed E-state index contributed by atoms with van der Waals surface area (Å²) in [5, 5.41) is 0.726. The van der Waals surface area contributed by atoms with Crippen LogP contribution in [0.3, 0.4) is 0 Å². The van der Waals surface area contributed by atoms with Gasteiger partial charge in [-0.1, -0.05) is 29.8 Å². The van der Waals surface area contributed by atoms with Crippen molar-refractivity contribution in [1.82, 2.24) is 4.98 Å². The molecule has 0 fully saturated rings. The highest BCUT2D eigenvalue weighted by Gasteiger charge is 2.35. The fraction of sp³-hybridized carbons (Fsp3) is 0. The molecule has 0 saturated heterocycles. The summed E-state index contributed by atoms with van der Waals surface area (Å²) in [5.74, 6) is -0.264. The van der Waals surface area contributed by atoms with Crippen molar-refractivity contribution in [3.05, 3.63) is 77.0 Å². The second-order valence-electron chi connectivity index (χ2n) is 5.53. The third kappa shape index (κ3) is 2.69. The Kier molecular flexibility index (Phi) is 3.79. The average Bonchev–Trinajstić information content (AvgIpc) is 2.85. The molecule has 0 aliphatic carbocycles. The van der Waals surface area contributed by atoms with Crippen molar-refractivity contribution in [3.8, 4) is 0 Å². The molecule has 4 rings (SSSR count). The summed E-state index contributed by atoms with van der Waals surface area (Å²) >= 11 is 11.5. The Balaban J connectivity index is 1.96. The van der Waals surface area contributed by atoms with E-state index in [1.54, 1.807) is 30.3 Å². The van der Waals surface area contributed by atoms with Crippen LogP contribution in [0.15, 0.2) is 60.7 Å². The highest BCUT2D eigenvalue weighted by atomic mass is 35.5. The molecule has 0 radical (unpaired) electrons. The first-order valence-corrected chi connectivity index (χ1v) is 8.21. The Morgan fingerprint density at radius 1 is 1.08 bits per heavy atom. The minimum absolute atomic E-state index is 0.264. The van der Waals surface area contributed by atoms with Gasteiger partial charge in [-0.05, 0) is 48.0 Å². The first kappa shape index (κ1) is 15.8. The Morgan fingerprint density at radius 3 is 2.52 bits per heavy atom. The SMILES string of the molecule is O=C(Cl)/C=C1\c2nc3ccccc3cc2C(=O)N1c1ccc(Cl)cc1. The van der Waals surface area contributed by atoms with Gasteiger partial charge in [0.25, 0.3) is 5.91 Å². The molecular weight excluding hydrogens is 359 g/mol. The molecule has 1 aliphatic heterocycles. The molecule has 122 valence electrons. The number of hydrogen-bond acceptors (Lipinski definition) is 3. The van der Waals surface area contributed by atoms with Gasteiger partial charge in [-0.3, -0.25) is 14.5 Å². The summed E-state index contributed by atoms with van der Waals surface area (Å²) in [7, 11) is 0. The Labute approximate surface area is 153 Å². The number of fused-ring (bicyclic) bond motifs is 2. The highest BCUT2D eigenvalue weighted by Crippen LogP contribution is 2.37. The lowest BCUT2D eigenvalue weighted by molar-refractivity contribution is -0.107. The van der Waals surface area contributed by atoms with E-state index in [0.717, 1.165) is 10.9 Å². The summed E-state index contributed by atoms with van der Waals surface area (Å²) in [4.78, 5) is 30.5. The number of nitrogens with zero attached hydrogens (tertiary/aromatic N) is 2. The van der Waals surface area contributed by atoms with Crippen molar-refractivity contribution in [3.63, 3.8) is 0 Å². The number of pyridine rings is 1. The molecule has 3 aromatic rings. The predicted octanol–water partition coefficient (Wildman–Crippen LogP) is 4.65. The number of para-hydroxylation sites is 1. The molecule has 0 saturated carbocycles. The van der Waals surface area contributed by atoms with Crippen LogP contribution in [0.5, 0.6) is 0 Å². The maximum atomic E-state index is 13.0. The third-order valence-electron chi connectivity index (χ3n) is 3.98. The zero-order valence-electron chi connectivity index (χ0n) is 12.7. The van der Waals surface area contributed by atoms with E-state index in [-0.39, 0.29) is 5.91 Å². The summed E-state index contributed by atoms with van der Waals surface area (Å²) in [6.07, 6.45) is 1.21. The van der Waals surface area contributed by atoms with Crippen LogP contribution < -0.4 is 4.90 Å². The van der Waals surface area contributed by atoms with Crippen molar-refractivity contribution in [2.45, 2.75) is 0 Å². The Morgan fingerprint density at radius 2 is 1.80 bits per heavy atom. The van der Waals surface area contributed by atoms with Gasteiger partial charge in [-0.2, -0.15) is 0 Å². The summed E-state index contributed by atoms with van der Waals surface area (Å²) < 4.78 is 0. The molecule has 1 aromatic heterocycles. The lowest BCUT2D eigenvalue weighted by Crippen LogP contribution is -2.22. The first-order chi connectivity index (χ1) is 12.0. The number of amides is 1. The summed E-state index contributed by atoms with van der Waals surface area (Å²) in [6.45, 7) is 0. The zero-order chi connectivity index (χ0) is 17.6. The van der Waals surface area contributed by atoms with Crippen molar-refractivity contribution >= 4 is 56.6 Å². The molecule has 0 spiro atoms. The van der Waals surface area contributed by atoms with Crippen LogP contribution in [0.4, 0.5) is 5.69 Å². The summed E-state index contributed by atoms with van der Waals surface area (Å²) in [5.41, 5.74) is 2.54. The van der Waals surface area contributed by atoms with Crippen LogP contribution in [0.25, 0.3) is 16.6 Å². The van der Waals surface area contributed by atoms with E-state index in [4.69, 9.17) is 23.2 Å². The number of benzene rings is 2. The monoisotopic (exact) mass is 368 g/mol. The number of anilines is 1. The molecule has 2 aromatic carbocycles. The predicted molar refractivity (Wildman–Crippen MR) is 98.8 cm³/mol. The molecule has 2 heterocycles.